The maximum Gasteiger partial charge on any atom is 0.150 e. The van der Waals surface area contributed by atoms with Crippen molar-refractivity contribution in [1.29, 1.82) is 0 Å². The number of hydrogen-bond acceptors (Lipinski definition) is 8. The largest absolute Gasteiger partial charge is 0.508 e. The van der Waals surface area contributed by atoms with Gasteiger partial charge in [-0.25, -0.2) is 0 Å². The Bertz CT molecular complexity index is 1500. The van der Waals surface area contributed by atoms with E-state index in [0.717, 1.165) is 5.56 Å². The molecule has 194 valence electrons. The van der Waals surface area contributed by atoms with Gasteiger partial charge in [0.1, 0.15) is 52.5 Å². The van der Waals surface area contributed by atoms with Gasteiger partial charge in [0.2, 0.25) is 0 Å². The van der Waals surface area contributed by atoms with Crippen molar-refractivity contribution in [3.63, 3.8) is 0 Å². The van der Waals surface area contributed by atoms with Crippen LogP contribution in [0.5, 0.6) is 40.2 Å². The van der Waals surface area contributed by atoms with Crippen LogP contribution in [-0.4, -0.2) is 36.7 Å². The minimum absolute atomic E-state index is 0.0181. The highest BCUT2D eigenvalue weighted by atomic mass is 16.5. The van der Waals surface area contributed by atoms with Gasteiger partial charge >= 0.3 is 0 Å². The van der Waals surface area contributed by atoms with Crippen molar-refractivity contribution in [2.75, 3.05) is 0 Å². The zero-order chi connectivity index (χ0) is 26.6. The highest BCUT2D eigenvalue weighted by molar-refractivity contribution is 5.62. The molecular formula is C30H26O8. The molecule has 2 heterocycles. The number of aliphatic hydroxyl groups is 1. The quantitative estimate of drug-likeness (QED) is 0.227. The molecule has 8 nitrogen and oxygen atoms in total. The molecule has 4 aromatic rings. The molecule has 8 heteroatoms. The van der Waals surface area contributed by atoms with E-state index in [1.165, 1.54) is 30.3 Å². The molecule has 2 aliphatic heterocycles. The third kappa shape index (κ3) is 4.09. The zero-order valence-electron chi connectivity index (χ0n) is 20.2. The summed E-state index contributed by atoms with van der Waals surface area (Å²) in [6, 6.07) is 19.1. The molecule has 4 atom stereocenters. The van der Waals surface area contributed by atoms with E-state index in [1.807, 2.05) is 0 Å². The average Bonchev–Trinajstić information content (AvgIpc) is 2.89. The molecule has 0 fully saturated rings. The number of phenols is 5. The van der Waals surface area contributed by atoms with Gasteiger partial charge in [-0.2, -0.15) is 0 Å². The molecule has 6 rings (SSSR count). The Morgan fingerprint density at radius 1 is 0.658 bits per heavy atom. The zero-order valence-corrected chi connectivity index (χ0v) is 20.2. The van der Waals surface area contributed by atoms with Gasteiger partial charge in [-0.3, -0.25) is 0 Å². The Morgan fingerprint density at radius 3 is 1.97 bits per heavy atom. The molecule has 0 spiro atoms. The van der Waals surface area contributed by atoms with Crippen LogP contribution in [0.25, 0.3) is 0 Å². The fourth-order valence-corrected chi connectivity index (χ4v) is 5.44. The summed E-state index contributed by atoms with van der Waals surface area (Å²) in [7, 11) is 0. The van der Waals surface area contributed by atoms with Crippen molar-refractivity contribution in [2.45, 2.75) is 37.1 Å². The van der Waals surface area contributed by atoms with E-state index in [0.29, 0.717) is 28.9 Å². The smallest absolute Gasteiger partial charge is 0.150 e. The number of ether oxygens (including phenoxy) is 2. The fraction of sp³-hybridized carbons (Fsp3) is 0.200. The molecule has 0 saturated carbocycles. The lowest BCUT2D eigenvalue weighted by molar-refractivity contribution is 0.0196. The second-order valence-corrected chi connectivity index (χ2v) is 9.74. The van der Waals surface area contributed by atoms with E-state index >= 15 is 0 Å². The van der Waals surface area contributed by atoms with Crippen LogP contribution in [0.1, 0.15) is 52.4 Å². The van der Waals surface area contributed by atoms with Crippen molar-refractivity contribution < 1.29 is 40.1 Å². The van der Waals surface area contributed by atoms with E-state index in [-0.39, 0.29) is 46.5 Å². The van der Waals surface area contributed by atoms with E-state index in [2.05, 4.69) is 0 Å². The Labute approximate surface area is 218 Å². The van der Waals surface area contributed by atoms with Gasteiger partial charge in [0.25, 0.3) is 0 Å². The Kier molecular flexibility index (Phi) is 5.69. The first-order chi connectivity index (χ1) is 18.3. The van der Waals surface area contributed by atoms with Gasteiger partial charge in [0.15, 0.2) is 0 Å². The molecule has 38 heavy (non-hydrogen) atoms. The predicted molar refractivity (Wildman–Crippen MR) is 137 cm³/mol. The van der Waals surface area contributed by atoms with Gasteiger partial charge in [0.05, 0.1) is 6.10 Å². The lowest BCUT2D eigenvalue weighted by atomic mass is 9.80. The molecule has 0 unspecified atom stereocenters. The molecule has 0 aliphatic carbocycles. The maximum absolute atomic E-state index is 11.4. The van der Waals surface area contributed by atoms with Gasteiger partial charge in [-0.15, -0.1) is 0 Å². The first-order valence-corrected chi connectivity index (χ1v) is 12.3. The van der Waals surface area contributed by atoms with Gasteiger partial charge in [-0.1, -0.05) is 30.3 Å². The number of hydrogen-bond donors (Lipinski definition) is 6. The van der Waals surface area contributed by atoms with Crippen LogP contribution in [0.3, 0.4) is 0 Å². The highest BCUT2D eigenvalue weighted by Gasteiger charge is 2.38. The summed E-state index contributed by atoms with van der Waals surface area (Å²) in [6.45, 7) is 0. The number of aromatic hydroxyl groups is 5. The van der Waals surface area contributed by atoms with Crippen LogP contribution in [-0.2, 0) is 6.42 Å². The average molecular weight is 515 g/mol. The first kappa shape index (κ1) is 23.8. The number of phenolic OH excluding ortho intramolecular Hbond substituents is 5. The number of aliphatic hydroxyl groups excluding tert-OH is 1. The van der Waals surface area contributed by atoms with Crippen LogP contribution in [0.4, 0.5) is 0 Å². The number of fused-ring (bicyclic) bond motifs is 2. The van der Waals surface area contributed by atoms with Crippen molar-refractivity contribution in [3.8, 4) is 40.2 Å². The number of benzene rings is 4. The SMILES string of the molecule is Oc1ccc([C@@H]2C[C@H](c3c(O)cc4c(c3O)C[C@@H](O)[C@@H](c3ccc(O)cc3)O4)c3ccc(O)cc3O2)cc1. The highest BCUT2D eigenvalue weighted by Crippen LogP contribution is 2.54. The Balaban J connectivity index is 1.41. The Hall–Kier alpha value is -4.56. The molecule has 0 bridgehead atoms. The second kappa shape index (κ2) is 9.08. The molecule has 0 saturated heterocycles. The normalized spacial score (nSPS) is 22.0. The summed E-state index contributed by atoms with van der Waals surface area (Å²) in [5.74, 6) is 0.0686. The predicted octanol–water partition coefficient (Wildman–Crippen LogP) is 4.91. The maximum atomic E-state index is 11.4. The topological polar surface area (TPSA) is 140 Å². The summed E-state index contributed by atoms with van der Waals surface area (Å²) in [5.41, 5.74) is 2.78. The lowest BCUT2D eigenvalue weighted by Gasteiger charge is -2.35. The summed E-state index contributed by atoms with van der Waals surface area (Å²) in [6.07, 6.45) is -1.74. The molecule has 4 aromatic carbocycles. The van der Waals surface area contributed by atoms with Crippen molar-refractivity contribution in [3.05, 3.63) is 101 Å². The first-order valence-electron chi connectivity index (χ1n) is 12.3. The molecule has 2 aliphatic rings. The fourth-order valence-electron chi connectivity index (χ4n) is 5.44. The monoisotopic (exact) mass is 514 g/mol. The van der Waals surface area contributed by atoms with Crippen LogP contribution in [0.2, 0.25) is 0 Å². The van der Waals surface area contributed by atoms with E-state index in [4.69, 9.17) is 9.47 Å². The molecule has 0 radical (unpaired) electrons. The van der Waals surface area contributed by atoms with Crippen LogP contribution < -0.4 is 9.47 Å². The second-order valence-electron chi connectivity index (χ2n) is 9.74. The van der Waals surface area contributed by atoms with Crippen LogP contribution in [0, 0.1) is 0 Å². The third-order valence-electron chi connectivity index (χ3n) is 7.33. The molecule has 0 aromatic heterocycles. The lowest BCUT2D eigenvalue weighted by Crippen LogP contribution is -2.30. The van der Waals surface area contributed by atoms with Gasteiger partial charge < -0.3 is 40.1 Å². The standard InChI is InChI=1S/C30H26O8/c31-17-5-1-15(2-6-17)25-13-21(20-10-9-19(33)11-26(20)37-25)28-23(34)14-27-22(29(28)36)12-24(35)30(38-27)16-3-7-18(32)8-4-16/h1-11,14,21,24-25,30-36H,12-13H2/t21-,24+,25-,30+/m0/s1. The van der Waals surface area contributed by atoms with E-state index in [1.54, 1.807) is 42.5 Å². The summed E-state index contributed by atoms with van der Waals surface area (Å²) in [5, 5.41) is 62.9. The van der Waals surface area contributed by atoms with Crippen molar-refractivity contribution >= 4 is 0 Å². The van der Waals surface area contributed by atoms with E-state index < -0.39 is 24.2 Å². The van der Waals surface area contributed by atoms with Gasteiger partial charge in [0, 0.05) is 41.2 Å². The van der Waals surface area contributed by atoms with Crippen LogP contribution in [0.15, 0.2) is 72.8 Å². The number of rotatable bonds is 3. The molecule has 6 N–H and O–H groups in total. The van der Waals surface area contributed by atoms with Crippen molar-refractivity contribution in [2.24, 2.45) is 0 Å². The minimum atomic E-state index is -0.973. The summed E-state index contributed by atoms with van der Waals surface area (Å²) < 4.78 is 12.2. The molecule has 0 amide bonds. The summed E-state index contributed by atoms with van der Waals surface area (Å²) in [4.78, 5) is 0. The summed E-state index contributed by atoms with van der Waals surface area (Å²) >= 11 is 0. The Morgan fingerprint density at radius 2 is 1.29 bits per heavy atom. The van der Waals surface area contributed by atoms with E-state index in [9.17, 15) is 30.6 Å². The third-order valence-corrected chi connectivity index (χ3v) is 7.33. The van der Waals surface area contributed by atoms with Crippen LogP contribution >= 0.6 is 0 Å². The van der Waals surface area contributed by atoms with Crippen molar-refractivity contribution in [1.82, 2.24) is 0 Å². The minimum Gasteiger partial charge on any atom is -0.508 e. The molecular weight excluding hydrogens is 488 g/mol. The van der Waals surface area contributed by atoms with Gasteiger partial charge in [-0.05, 0) is 47.9 Å².